The maximum absolute atomic E-state index is 4.08. The molecule has 3 unspecified atom stereocenters. The Kier molecular flexibility index (Phi) is 8.18. The summed E-state index contributed by atoms with van der Waals surface area (Å²) in [4.78, 5) is 0. The van der Waals surface area contributed by atoms with Crippen molar-refractivity contribution in [2.45, 2.75) is 78.6 Å². The summed E-state index contributed by atoms with van der Waals surface area (Å²) in [6, 6.07) is 0. The lowest BCUT2D eigenvalue weighted by atomic mass is 9.85. The van der Waals surface area contributed by atoms with Gasteiger partial charge in [-0.2, -0.15) is 0 Å². The van der Waals surface area contributed by atoms with Crippen LogP contribution >= 0.6 is 0 Å². The summed E-state index contributed by atoms with van der Waals surface area (Å²) in [6.45, 7) is 10.9. The number of allylic oxidation sites excluding steroid dienone is 3. The van der Waals surface area contributed by atoms with E-state index in [9.17, 15) is 0 Å². The first kappa shape index (κ1) is 16.5. The smallest absolute Gasteiger partial charge is 0.0233 e. The molecule has 0 saturated carbocycles. The minimum Gasteiger partial charge on any atom is -0.100 e. The molecule has 0 saturated heterocycles. The van der Waals surface area contributed by atoms with Gasteiger partial charge in [0.25, 0.3) is 0 Å². The fourth-order valence-electron chi connectivity index (χ4n) is 3.35. The molecular weight excluding hydrogens is 228 g/mol. The highest BCUT2D eigenvalue weighted by molar-refractivity contribution is 4.96. The summed E-state index contributed by atoms with van der Waals surface area (Å²) >= 11 is 0. The summed E-state index contributed by atoms with van der Waals surface area (Å²) < 4.78 is 0. The molecule has 3 atom stereocenters. The molecule has 19 heavy (non-hydrogen) atoms. The van der Waals surface area contributed by atoms with Crippen molar-refractivity contribution in [3.63, 3.8) is 0 Å². The third-order valence-electron chi connectivity index (χ3n) is 4.48. The monoisotopic (exact) mass is 262 g/mol. The summed E-state index contributed by atoms with van der Waals surface area (Å²) in [6.07, 6.45) is 17.3. The van der Waals surface area contributed by atoms with E-state index in [-0.39, 0.29) is 0 Å². The van der Waals surface area contributed by atoms with Crippen molar-refractivity contribution in [2.24, 2.45) is 17.8 Å². The van der Waals surface area contributed by atoms with Crippen LogP contribution < -0.4 is 0 Å². The fourth-order valence-corrected chi connectivity index (χ4v) is 3.35. The van der Waals surface area contributed by atoms with Gasteiger partial charge in [0.15, 0.2) is 0 Å². The maximum atomic E-state index is 4.08. The molecule has 0 heterocycles. The molecule has 0 aromatic carbocycles. The van der Waals surface area contributed by atoms with Gasteiger partial charge < -0.3 is 0 Å². The van der Waals surface area contributed by atoms with Crippen LogP contribution in [-0.4, -0.2) is 0 Å². The third-order valence-corrected chi connectivity index (χ3v) is 4.48. The largest absolute Gasteiger partial charge is 0.100 e. The Labute approximate surface area is 121 Å². The Morgan fingerprint density at radius 2 is 2.00 bits per heavy atom. The second kappa shape index (κ2) is 9.39. The van der Waals surface area contributed by atoms with Crippen LogP contribution in [0.5, 0.6) is 0 Å². The van der Waals surface area contributed by atoms with Crippen LogP contribution in [-0.2, 0) is 0 Å². The van der Waals surface area contributed by atoms with Gasteiger partial charge in [0.05, 0.1) is 0 Å². The van der Waals surface area contributed by atoms with E-state index in [1.165, 1.54) is 63.4 Å². The van der Waals surface area contributed by atoms with Gasteiger partial charge in [-0.1, -0.05) is 63.7 Å². The van der Waals surface area contributed by atoms with Crippen molar-refractivity contribution in [3.05, 3.63) is 24.3 Å². The maximum Gasteiger partial charge on any atom is -0.0233 e. The second-order valence-electron chi connectivity index (χ2n) is 6.80. The Hall–Kier alpha value is -0.520. The van der Waals surface area contributed by atoms with E-state index in [1.807, 2.05) is 0 Å². The first-order valence-electron chi connectivity index (χ1n) is 8.44. The average Bonchev–Trinajstić information content (AvgIpc) is 2.36. The molecule has 0 aliphatic heterocycles. The summed E-state index contributed by atoms with van der Waals surface area (Å²) in [5, 5.41) is 0. The van der Waals surface area contributed by atoms with Crippen LogP contribution in [0.1, 0.15) is 78.6 Å². The normalized spacial score (nSPS) is 24.4. The van der Waals surface area contributed by atoms with Gasteiger partial charge in [0.1, 0.15) is 0 Å². The summed E-state index contributed by atoms with van der Waals surface area (Å²) in [5.74, 6) is 2.59. The lowest BCUT2D eigenvalue weighted by Gasteiger charge is -2.21. The van der Waals surface area contributed by atoms with E-state index in [1.54, 1.807) is 0 Å². The minimum absolute atomic E-state index is 0.820. The van der Waals surface area contributed by atoms with Crippen LogP contribution in [0.3, 0.4) is 0 Å². The van der Waals surface area contributed by atoms with Gasteiger partial charge >= 0.3 is 0 Å². The first-order valence-corrected chi connectivity index (χ1v) is 8.44. The standard InChI is InChI=1S/C19H34/c1-5-8-19(15-16(2)3)10-7-6-9-18-13-11-17(4)12-14-18/h11,13,17-19H,2,5-10,12,14-15H2,1,3-4H3. The highest BCUT2D eigenvalue weighted by Gasteiger charge is 2.13. The van der Waals surface area contributed by atoms with Crippen LogP contribution in [0, 0.1) is 17.8 Å². The van der Waals surface area contributed by atoms with Crippen LogP contribution in [0.4, 0.5) is 0 Å². The highest BCUT2D eigenvalue weighted by Crippen LogP contribution is 2.27. The molecule has 0 N–H and O–H groups in total. The quantitative estimate of drug-likeness (QED) is 0.327. The lowest BCUT2D eigenvalue weighted by molar-refractivity contribution is 0.393. The second-order valence-corrected chi connectivity index (χ2v) is 6.80. The molecule has 1 aliphatic rings. The fraction of sp³-hybridized carbons (Fsp3) is 0.789. The van der Waals surface area contributed by atoms with Crippen molar-refractivity contribution in [3.8, 4) is 0 Å². The van der Waals surface area contributed by atoms with Crippen LogP contribution in [0.15, 0.2) is 24.3 Å². The summed E-state index contributed by atoms with van der Waals surface area (Å²) in [7, 11) is 0. The number of hydrogen-bond acceptors (Lipinski definition) is 0. The zero-order valence-corrected chi connectivity index (χ0v) is 13.5. The van der Waals surface area contributed by atoms with E-state index < -0.39 is 0 Å². The molecule has 0 radical (unpaired) electrons. The molecule has 1 aliphatic carbocycles. The molecule has 110 valence electrons. The number of hydrogen-bond donors (Lipinski definition) is 0. The molecular formula is C19H34. The van der Waals surface area contributed by atoms with Crippen LogP contribution in [0.25, 0.3) is 0 Å². The van der Waals surface area contributed by atoms with Gasteiger partial charge in [-0.15, -0.1) is 6.58 Å². The minimum atomic E-state index is 0.820. The molecule has 0 spiro atoms. The number of unbranched alkanes of at least 4 members (excludes halogenated alkanes) is 1. The van der Waals surface area contributed by atoms with Crippen molar-refractivity contribution in [2.75, 3.05) is 0 Å². The Morgan fingerprint density at radius 1 is 1.21 bits per heavy atom. The van der Waals surface area contributed by atoms with Crippen LogP contribution in [0.2, 0.25) is 0 Å². The molecule has 0 aromatic heterocycles. The Balaban J connectivity index is 2.14. The average molecular weight is 262 g/mol. The predicted octanol–water partition coefficient (Wildman–Crippen LogP) is 6.53. The molecule has 0 bridgehead atoms. The van der Waals surface area contributed by atoms with E-state index in [0.717, 1.165) is 17.8 Å². The first-order chi connectivity index (χ1) is 9.11. The van der Waals surface area contributed by atoms with Crippen molar-refractivity contribution < 1.29 is 0 Å². The zero-order chi connectivity index (χ0) is 14.1. The van der Waals surface area contributed by atoms with E-state index >= 15 is 0 Å². The van der Waals surface area contributed by atoms with E-state index in [4.69, 9.17) is 0 Å². The molecule has 0 nitrogen and oxygen atoms in total. The van der Waals surface area contributed by atoms with Gasteiger partial charge in [-0.25, -0.2) is 0 Å². The topological polar surface area (TPSA) is 0 Å². The lowest BCUT2D eigenvalue weighted by Crippen LogP contribution is -2.06. The van der Waals surface area contributed by atoms with Gasteiger partial charge in [-0.3, -0.25) is 0 Å². The molecule has 0 amide bonds. The van der Waals surface area contributed by atoms with Gasteiger partial charge in [0.2, 0.25) is 0 Å². The summed E-state index contributed by atoms with van der Waals surface area (Å²) in [5.41, 5.74) is 1.36. The molecule has 1 rings (SSSR count). The SMILES string of the molecule is C=C(C)CC(CCC)CCCCC1C=CC(C)CC1. The molecule has 0 aromatic rings. The highest BCUT2D eigenvalue weighted by atomic mass is 14.2. The Bertz CT molecular complexity index is 274. The third kappa shape index (κ3) is 7.60. The van der Waals surface area contributed by atoms with E-state index in [0.29, 0.717) is 0 Å². The van der Waals surface area contributed by atoms with E-state index in [2.05, 4.69) is 39.5 Å². The predicted molar refractivity (Wildman–Crippen MR) is 87.3 cm³/mol. The Morgan fingerprint density at radius 3 is 2.58 bits per heavy atom. The van der Waals surface area contributed by atoms with Crippen molar-refractivity contribution in [1.82, 2.24) is 0 Å². The van der Waals surface area contributed by atoms with Crippen molar-refractivity contribution in [1.29, 1.82) is 0 Å². The number of rotatable bonds is 9. The molecule has 0 heteroatoms. The zero-order valence-electron chi connectivity index (χ0n) is 13.5. The van der Waals surface area contributed by atoms with Gasteiger partial charge in [0, 0.05) is 0 Å². The van der Waals surface area contributed by atoms with Crippen molar-refractivity contribution >= 4 is 0 Å². The van der Waals surface area contributed by atoms with Gasteiger partial charge in [-0.05, 0) is 50.4 Å². The molecule has 0 fully saturated rings.